The second-order valence-electron chi connectivity index (χ2n) is 0.795. The molecule has 0 aliphatic carbocycles. The summed E-state index contributed by atoms with van der Waals surface area (Å²) >= 11 is 19.6. The summed E-state index contributed by atoms with van der Waals surface area (Å²) < 4.78 is 0. The number of halogens is 4. The quantitative estimate of drug-likeness (QED) is 0.686. The molecule has 0 saturated carbocycles. The third-order valence-corrected chi connectivity index (χ3v) is 0.643. The van der Waals surface area contributed by atoms with Crippen LogP contribution in [-0.2, 0) is 0 Å². The van der Waals surface area contributed by atoms with Gasteiger partial charge < -0.3 is 5.11 Å². The van der Waals surface area contributed by atoms with E-state index < -0.39 is 0 Å². The minimum Gasteiger partial charge on any atom is -0.397 e. The minimum atomic E-state index is 0.194. The van der Waals surface area contributed by atoms with E-state index >= 15 is 0 Å². The third kappa shape index (κ3) is 134. The molecule has 0 spiro atoms. The zero-order valence-corrected chi connectivity index (χ0v) is 8.81. The van der Waals surface area contributed by atoms with E-state index in [2.05, 4.69) is 0 Å². The Morgan fingerprint density at radius 2 is 1.10 bits per heavy atom. The first-order valence-corrected chi connectivity index (χ1v) is 4.73. The Bertz CT molecular complexity index is 25.6. The average Bonchev–Trinajstić information content (AvgIpc) is 1.91. The Morgan fingerprint density at radius 1 is 1.00 bits per heavy atom. The van der Waals surface area contributed by atoms with Crippen LogP contribution in [0.2, 0.25) is 0 Å². The normalized spacial score (nSPS) is 6.60. The maximum atomic E-state index is 7.57. The van der Waals surface area contributed by atoms with E-state index in [1.54, 1.807) is 6.92 Å². The number of rotatable bonds is 1. The predicted octanol–water partition coefficient (Wildman–Crippen LogP) is 2.88. The molecule has 0 aromatic heterocycles. The molecule has 0 unspecified atom stereocenters. The van der Waals surface area contributed by atoms with E-state index in [0.29, 0.717) is 11.8 Å². The second-order valence-corrected chi connectivity index (χ2v) is 2.36. The fourth-order valence-corrected chi connectivity index (χ4v) is 0. The minimum absolute atomic E-state index is 0.194. The van der Waals surface area contributed by atoms with Crippen molar-refractivity contribution in [1.29, 1.82) is 0 Å². The molecule has 0 aliphatic rings. The zero-order valence-electron chi connectivity index (χ0n) is 5.79. The van der Waals surface area contributed by atoms with Crippen LogP contribution in [0.4, 0.5) is 0 Å². The molecule has 5 heteroatoms. The smallest absolute Gasteiger partial charge is 0.0967 e. The lowest BCUT2D eigenvalue weighted by Gasteiger charge is -1.63. The second kappa shape index (κ2) is 32.1. The first kappa shape index (κ1) is 17.3. The molecule has 66 valence electrons. The van der Waals surface area contributed by atoms with Crippen LogP contribution in [0.5, 0.6) is 0 Å². The van der Waals surface area contributed by atoms with Crippen LogP contribution >= 0.6 is 46.4 Å². The summed E-state index contributed by atoms with van der Waals surface area (Å²) in [4.78, 5) is 0. The zero-order chi connectivity index (χ0) is 8.83. The molecule has 0 amide bonds. The molecule has 0 aliphatic heterocycles. The van der Waals surface area contributed by atoms with Crippen LogP contribution in [-0.4, -0.2) is 28.8 Å². The maximum absolute atomic E-state index is 7.57. The van der Waals surface area contributed by atoms with E-state index in [9.17, 15) is 0 Å². The van der Waals surface area contributed by atoms with Crippen LogP contribution in [0.15, 0.2) is 0 Å². The summed E-state index contributed by atoms with van der Waals surface area (Å²) in [5, 5.41) is 7.76. The topological polar surface area (TPSA) is 20.2 Å². The van der Waals surface area contributed by atoms with Crippen molar-refractivity contribution in [3.8, 4) is 0 Å². The van der Waals surface area contributed by atoms with Crippen molar-refractivity contribution in [2.75, 3.05) is 23.7 Å². The van der Waals surface area contributed by atoms with Gasteiger partial charge in [-0.3, -0.25) is 0 Å². The van der Waals surface area contributed by atoms with Gasteiger partial charge in [-0.2, -0.15) is 0 Å². The summed E-state index contributed by atoms with van der Waals surface area (Å²) in [6, 6.07) is 0. The van der Waals surface area contributed by atoms with Gasteiger partial charge in [0, 0.05) is 18.4 Å². The van der Waals surface area contributed by atoms with Gasteiger partial charge in [0.25, 0.3) is 0 Å². The van der Waals surface area contributed by atoms with Gasteiger partial charge in [-0.05, 0) is 6.92 Å². The van der Waals surface area contributed by atoms with Crippen molar-refractivity contribution in [3.05, 3.63) is 0 Å². The van der Waals surface area contributed by atoms with Crippen LogP contribution in [0.25, 0.3) is 0 Å². The Morgan fingerprint density at radius 3 is 1.10 bits per heavy atom. The van der Waals surface area contributed by atoms with Crippen LogP contribution in [0, 0.1) is 0 Å². The van der Waals surface area contributed by atoms with Gasteiger partial charge >= 0.3 is 0 Å². The molecule has 0 aromatic carbocycles. The van der Waals surface area contributed by atoms with Gasteiger partial charge in [0.2, 0.25) is 0 Å². The van der Waals surface area contributed by atoms with E-state index in [1.165, 1.54) is 0 Å². The number of hydrogen-bond donors (Lipinski definition) is 1. The van der Waals surface area contributed by atoms with Gasteiger partial charge in [-0.15, -0.1) is 46.4 Å². The highest BCUT2D eigenvalue weighted by atomic mass is 35.5. The summed E-state index contributed by atoms with van der Waals surface area (Å²) in [6.45, 7) is 1.93. The molecule has 10 heavy (non-hydrogen) atoms. The lowest BCUT2D eigenvalue weighted by molar-refractivity contribution is 0.318. The van der Waals surface area contributed by atoms with Gasteiger partial charge in [0.1, 0.15) is 0 Å². The highest BCUT2D eigenvalue weighted by molar-refractivity contribution is 6.40. The molecule has 1 N–H and O–H groups in total. The molecule has 0 rings (SSSR count). The number of aliphatic hydroxyl groups excluding tert-OH is 1. The largest absolute Gasteiger partial charge is 0.397 e. The van der Waals surface area contributed by atoms with Crippen molar-refractivity contribution in [2.24, 2.45) is 0 Å². The van der Waals surface area contributed by atoms with E-state index in [4.69, 9.17) is 51.5 Å². The summed E-state index contributed by atoms with van der Waals surface area (Å²) in [6.07, 6.45) is 0. The Labute approximate surface area is 82.2 Å². The maximum Gasteiger partial charge on any atom is 0.0967 e. The molecule has 0 bridgehead atoms. The van der Waals surface area contributed by atoms with E-state index in [-0.39, 0.29) is 11.9 Å². The van der Waals surface area contributed by atoms with Crippen molar-refractivity contribution in [1.82, 2.24) is 0 Å². The van der Waals surface area contributed by atoms with Gasteiger partial charge in [0.05, 0.1) is 5.34 Å². The lowest BCUT2D eigenvalue weighted by atomic mass is 10.9. The van der Waals surface area contributed by atoms with Crippen LogP contribution < -0.4 is 0 Å². The Hall–Kier alpha value is 1.12. The third-order valence-electron chi connectivity index (χ3n) is 0.0714. The van der Waals surface area contributed by atoms with Crippen LogP contribution in [0.3, 0.4) is 0 Å². The SMILES string of the molecule is CCO.ClCCCl.ClCCl. The van der Waals surface area contributed by atoms with Crippen molar-refractivity contribution in [2.45, 2.75) is 6.92 Å². The molecule has 0 fully saturated rings. The predicted molar refractivity (Wildman–Crippen MR) is 50.8 cm³/mol. The van der Waals surface area contributed by atoms with Crippen LogP contribution in [0.1, 0.15) is 6.92 Å². The van der Waals surface area contributed by atoms with Gasteiger partial charge in [-0.1, -0.05) is 0 Å². The standard InChI is InChI=1S/C2H4Cl2.C2H6O.CH2Cl2/c3-1-2-4;1-2-3;2-1-3/h1-2H2;3H,2H2,1H3;1H2. The highest BCUT2D eigenvalue weighted by Crippen LogP contribution is 1.75. The van der Waals surface area contributed by atoms with Gasteiger partial charge in [0.15, 0.2) is 0 Å². The molecule has 0 heterocycles. The van der Waals surface area contributed by atoms with Crippen molar-refractivity contribution >= 4 is 46.4 Å². The average molecular weight is 230 g/mol. The first-order chi connectivity index (χ1) is 4.74. The molecular weight excluding hydrogens is 218 g/mol. The molecule has 0 saturated heterocycles. The summed E-state index contributed by atoms with van der Waals surface area (Å²) in [7, 11) is 0. The number of aliphatic hydroxyl groups is 1. The Kier molecular flexibility index (Phi) is 55.5. The van der Waals surface area contributed by atoms with Crippen molar-refractivity contribution in [3.63, 3.8) is 0 Å². The molecule has 0 atom stereocenters. The molecule has 0 radical (unpaired) electrons. The highest BCUT2D eigenvalue weighted by Gasteiger charge is 1.61. The van der Waals surface area contributed by atoms with E-state index in [1.807, 2.05) is 0 Å². The molecule has 0 aromatic rings. The van der Waals surface area contributed by atoms with Gasteiger partial charge in [-0.25, -0.2) is 0 Å². The summed E-state index contributed by atoms with van der Waals surface area (Å²) in [5.74, 6) is 1.11. The summed E-state index contributed by atoms with van der Waals surface area (Å²) in [5.41, 5.74) is 0. The fraction of sp³-hybridized carbons (Fsp3) is 1.00. The first-order valence-electron chi connectivity index (χ1n) is 2.59. The molecule has 1 nitrogen and oxygen atoms in total. The van der Waals surface area contributed by atoms with Crippen molar-refractivity contribution < 1.29 is 5.11 Å². The fourth-order valence-electron chi connectivity index (χ4n) is 0. The van der Waals surface area contributed by atoms with E-state index in [0.717, 1.165) is 0 Å². The Balaban J connectivity index is -0.0000000750. The lowest BCUT2D eigenvalue weighted by Crippen LogP contribution is -1.63. The monoisotopic (exact) mass is 228 g/mol. The molecular formula is C5H12Cl4O. The number of hydrogen-bond acceptors (Lipinski definition) is 1. The number of alkyl halides is 4.